The predicted molar refractivity (Wildman–Crippen MR) is 124 cm³/mol. The molecule has 0 N–H and O–H groups in total. The Labute approximate surface area is 203 Å². The summed E-state index contributed by atoms with van der Waals surface area (Å²) in [6.07, 6.45) is 7.50. The van der Waals surface area contributed by atoms with Crippen molar-refractivity contribution in [2.75, 3.05) is 27.4 Å². The second-order valence-electron chi connectivity index (χ2n) is 11.2. The van der Waals surface area contributed by atoms with Gasteiger partial charge in [0.2, 0.25) is 0 Å². The van der Waals surface area contributed by atoms with Crippen molar-refractivity contribution >= 4 is 17.9 Å². The van der Waals surface area contributed by atoms with Gasteiger partial charge in [-0.25, -0.2) is 0 Å². The lowest BCUT2D eigenvalue weighted by atomic mass is 9.70. The van der Waals surface area contributed by atoms with Crippen LogP contribution in [0.2, 0.25) is 0 Å². The molecule has 0 amide bonds. The fourth-order valence-electron chi connectivity index (χ4n) is 8.00. The highest BCUT2D eigenvalue weighted by Gasteiger charge is 2.63. The molecular weight excluding hydrogens is 436 g/mol. The van der Waals surface area contributed by atoms with Crippen LogP contribution in [0.1, 0.15) is 65.2 Å². The first-order chi connectivity index (χ1) is 16.4. The number of fused-ring (bicyclic) bond motifs is 9. The third-order valence-electron chi connectivity index (χ3n) is 9.44. The Kier molecular flexibility index (Phi) is 8.21. The molecular formula is C27H42O7. The van der Waals surface area contributed by atoms with Crippen LogP contribution in [-0.2, 0) is 33.3 Å². The van der Waals surface area contributed by atoms with Crippen molar-refractivity contribution in [2.45, 2.75) is 71.3 Å². The topological polar surface area (TPSA) is 88.1 Å². The zero-order valence-corrected chi connectivity index (χ0v) is 21.2. The van der Waals surface area contributed by atoms with Crippen molar-refractivity contribution < 1.29 is 33.3 Å². The van der Waals surface area contributed by atoms with Gasteiger partial charge in [-0.05, 0) is 86.9 Å². The van der Waals surface area contributed by atoms with Crippen LogP contribution in [0.15, 0.2) is 0 Å². The Bertz CT molecular complexity index is 751. The van der Waals surface area contributed by atoms with Crippen molar-refractivity contribution in [3.05, 3.63) is 0 Å². The zero-order valence-electron chi connectivity index (χ0n) is 21.2. The lowest BCUT2D eigenvalue weighted by Crippen LogP contribution is -2.39. The first kappa shape index (κ1) is 25.5. The molecule has 4 aliphatic carbocycles. The van der Waals surface area contributed by atoms with E-state index in [1.54, 1.807) is 14.0 Å². The van der Waals surface area contributed by atoms with Gasteiger partial charge in [0.15, 0.2) is 0 Å². The molecule has 4 saturated carbocycles. The van der Waals surface area contributed by atoms with Crippen LogP contribution in [0.25, 0.3) is 0 Å². The largest absolute Gasteiger partial charge is 0.469 e. The quantitative estimate of drug-likeness (QED) is 0.181. The van der Waals surface area contributed by atoms with E-state index in [0.717, 1.165) is 30.1 Å². The van der Waals surface area contributed by atoms with Crippen LogP contribution in [0, 0.1) is 53.3 Å². The second-order valence-corrected chi connectivity index (χ2v) is 11.2. The van der Waals surface area contributed by atoms with E-state index >= 15 is 0 Å². The number of carbonyl (C=O) groups is 3. The lowest BCUT2D eigenvalue weighted by molar-refractivity contribution is -0.162. The molecule has 4 aliphatic rings. The highest BCUT2D eigenvalue weighted by atomic mass is 16.6. The highest BCUT2D eigenvalue weighted by molar-refractivity contribution is 5.77. The van der Waals surface area contributed by atoms with Gasteiger partial charge in [0, 0.05) is 7.11 Å². The van der Waals surface area contributed by atoms with E-state index in [2.05, 4.69) is 0 Å². The fourth-order valence-corrected chi connectivity index (χ4v) is 8.00. The number of methoxy groups -OCH3 is 2. The standard InChI is InChI=1S/C27H42O7/c1-5-16(26(29)32-4)11-20(10-15(2)25(28)33-9-8-31-3)27(30)34-22-14-19-13-21(22)24-18-7-6-17(12-18)23(19)24/h15-24H,5-14H2,1-4H3. The van der Waals surface area contributed by atoms with Gasteiger partial charge in [-0.3, -0.25) is 14.4 Å². The number of ether oxygens (including phenoxy) is 4. The van der Waals surface area contributed by atoms with Gasteiger partial charge < -0.3 is 18.9 Å². The minimum atomic E-state index is -0.538. The molecule has 0 radical (unpaired) electrons. The summed E-state index contributed by atoms with van der Waals surface area (Å²) < 4.78 is 21.4. The van der Waals surface area contributed by atoms with E-state index in [1.807, 2.05) is 6.92 Å². The van der Waals surface area contributed by atoms with E-state index in [1.165, 1.54) is 32.8 Å². The minimum Gasteiger partial charge on any atom is -0.469 e. The average Bonchev–Trinajstić information content (AvgIpc) is 3.61. The van der Waals surface area contributed by atoms with Gasteiger partial charge >= 0.3 is 17.9 Å². The smallest absolute Gasteiger partial charge is 0.309 e. The Balaban J connectivity index is 1.40. The van der Waals surface area contributed by atoms with Gasteiger partial charge in [0.25, 0.3) is 0 Å². The summed E-state index contributed by atoms with van der Waals surface area (Å²) in [7, 11) is 2.92. The maximum atomic E-state index is 13.5. The molecule has 0 heterocycles. The Morgan fingerprint density at radius 2 is 1.56 bits per heavy atom. The van der Waals surface area contributed by atoms with Crippen LogP contribution < -0.4 is 0 Å². The summed E-state index contributed by atoms with van der Waals surface area (Å²) >= 11 is 0. The van der Waals surface area contributed by atoms with E-state index < -0.39 is 17.8 Å². The first-order valence-corrected chi connectivity index (χ1v) is 13.3. The molecule has 0 aromatic carbocycles. The van der Waals surface area contributed by atoms with Crippen molar-refractivity contribution in [3.63, 3.8) is 0 Å². The molecule has 7 heteroatoms. The van der Waals surface area contributed by atoms with Crippen molar-refractivity contribution in [1.82, 2.24) is 0 Å². The molecule has 192 valence electrons. The van der Waals surface area contributed by atoms with E-state index in [4.69, 9.17) is 18.9 Å². The third-order valence-corrected chi connectivity index (χ3v) is 9.44. The number of hydrogen-bond acceptors (Lipinski definition) is 7. The van der Waals surface area contributed by atoms with Crippen LogP contribution in [-0.4, -0.2) is 51.4 Å². The zero-order chi connectivity index (χ0) is 24.4. The predicted octanol–water partition coefficient (Wildman–Crippen LogP) is 4.02. The molecule has 0 aliphatic heterocycles. The molecule has 10 atom stereocenters. The fraction of sp³-hybridized carbons (Fsp3) is 0.889. The normalized spacial score (nSPS) is 35.5. The Hall–Kier alpha value is -1.63. The molecule has 0 saturated heterocycles. The summed E-state index contributed by atoms with van der Waals surface area (Å²) in [6.45, 7) is 4.20. The number of rotatable bonds is 12. The van der Waals surface area contributed by atoms with Gasteiger partial charge in [-0.15, -0.1) is 0 Å². The van der Waals surface area contributed by atoms with Crippen molar-refractivity contribution in [1.29, 1.82) is 0 Å². The second kappa shape index (κ2) is 11.0. The summed E-state index contributed by atoms with van der Waals surface area (Å²) in [5.41, 5.74) is 0. The summed E-state index contributed by atoms with van der Waals surface area (Å²) in [6, 6.07) is 0. The van der Waals surface area contributed by atoms with E-state index in [0.29, 0.717) is 37.7 Å². The van der Waals surface area contributed by atoms with Crippen molar-refractivity contribution in [3.8, 4) is 0 Å². The monoisotopic (exact) mass is 478 g/mol. The van der Waals surface area contributed by atoms with Crippen LogP contribution in [0.3, 0.4) is 0 Å². The maximum absolute atomic E-state index is 13.5. The molecule has 4 fully saturated rings. The van der Waals surface area contributed by atoms with Gasteiger partial charge in [0.1, 0.15) is 12.7 Å². The molecule has 7 nitrogen and oxygen atoms in total. The summed E-state index contributed by atoms with van der Waals surface area (Å²) in [5.74, 6) is 2.18. The van der Waals surface area contributed by atoms with Crippen LogP contribution >= 0.6 is 0 Å². The first-order valence-electron chi connectivity index (χ1n) is 13.3. The average molecular weight is 479 g/mol. The molecule has 0 aromatic rings. The van der Waals surface area contributed by atoms with Gasteiger partial charge in [0.05, 0.1) is 31.5 Å². The molecule has 34 heavy (non-hydrogen) atoms. The summed E-state index contributed by atoms with van der Waals surface area (Å²) in [5, 5.41) is 0. The van der Waals surface area contributed by atoms with Crippen LogP contribution in [0.5, 0.6) is 0 Å². The van der Waals surface area contributed by atoms with Gasteiger partial charge in [-0.2, -0.15) is 0 Å². The SMILES string of the molecule is CCC(CC(CC(C)C(=O)OCCOC)C(=O)OC1CC2CC1C1C3CCC(C3)C21)C(=O)OC. The van der Waals surface area contributed by atoms with Crippen LogP contribution in [0.4, 0.5) is 0 Å². The molecule has 4 rings (SSSR count). The Morgan fingerprint density at radius 1 is 0.824 bits per heavy atom. The molecule has 10 unspecified atom stereocenters. The van der Waals surface area contributed by atoms with Crippen molar-refractivity contribution in [2.24, 2.45) is 53.3 Å². The third kappa shape index (κ3) is 5.00. The minimum absolute atomic E-state index is 0.0113. The number of carbonyl (C=O) groups excluding carboxylic acids is 3. The number of hydrogen-bond donors (Lipinski definition) is 0. The van der Waals surface area contributed by atoms with Gasteiger partial charge in [-0.1, -0.05) is 13.8 Å². The molecule has 0 spiro atoms. The number of esters is 3. The van der Waals surface area contributed by atoms with E-state index in [9.17, 15) is 14.4 Å². The molecule has 4 bridgehead atoms. The van der Waals surface area contributed by atoms with E-state index in [-0.39, 0.29) is 30.6 Å². The lowest BCUT2D eigenvalue weighted by Gasteiger charge is -2.38. The summed E-state index contributed by atoms with van der Waals surface area (Å²) in [4.78, 5) is 38.2. The molecule has 0 aromatic heterocycles. The Morgan fingerprint density at radius 3 is 2.24 bits per heavy atom. The highest BCUT2D eigenvalue weighted by Crippen LogP contribution is 2.67. The maximum Gasteiger partial charge on any atom is 0.309 e.